The van der Waals surface area contributed by atoms with Crippen LogP contribution in [-0.4, -0.2) is 52.9 Å². The number of aryl methyl sites for hydroxylation is 1. The fourth-order valence-corrected chi connectivity index (χ4v) is 4.56. The third-order valence-corrected chi connectivity index (χ3v) is 6.15. The maximum atomic E-state index is 12.1. The Kier molecular flexibility index (Phi) is 5.78. The third-order valence-electron chi connectivity index (χ3n) is 5.28. The second-order valence-corrected chi connectivity index (χ2v) is 8.84. The highest BCUT2D eigenvalue weighted by atomic mass is 32.1. The normalized spacial score (nSPS) is 15.6. The van der Waals surface area contributed by atoms with Crippen LogP contribution in [0, 0.1) is 12.8 Å². The Bertz CT molecular complexity index is 992. The first-order valence-electron chi connectivity index (χ1n) is 9.91. The van der Waals surface area contributed by atoms with Gasteiger partial charge in [-0.25, -0.2) is 4.98 Å². The number of thiazole rings is 1. The van der Waals surface area contributed by atoms with Crippen LogP contribution < -0.4 is 4.74 Å². The zero-order valence-corrected chi connectivity index (χ0v) is 17.9. The van der Waals surface area contributed by atoms with Crippen molar-refractivity contribution in [2.75, 3.05) is 27.2 Å². The number of amides is 1. The van der Waals surface area contributed by atoms with Gasteiger partial charge in [-0.05, 0) is 62.2 Å². The number of hydrogen-bond donors (Lipinski definition) is 0. The van der Waals surface area contributed by atoms with Crippen molar-refractivity contribution < 1.29 is 9.53 Å². The minimum absolute atomic E-state index is 0.170. The van der Waals surface area contributed by atoms with Gasteiger partial charge in [-0.3, -0.25) is 9.69 Å². The van der Waals surface area contributed by atoms with Gasteiger partial charge in [0.2, 0.25) is 5.91 Å². The topological polar surface area (TPSA) is 58.6 Å². The van der Waals surface area contributed by atoms with Crippen molar-refractivity contribution in [1.82, 2.24) is 19.8 Å². The number of benzene rings is 1. The van der Waals surface area contributed by atoms with E-state index in [0.29, 0.717) is 5.19 Å². The second-order valence-electron chi connectivity index (χ2n) is 7.84. The molecule has 0 N–H and O–H groups in total. The van der Waals surface area contributed by atoms with Crippen molar-refractivity contribution in [3.8, 4) is 10.9 Å². The van der Waals surface area contributed by atoms with Gasteiger partial charge in [0, 0.05) is 32.8 Å². The standard InChI is InChI=1S/C22H26N4O2S/c1-15-12-19-20(23-13-15)24-22(29-19)28-18-6-4-16(5-7-18)14-26-10-8-17(9-11-26)21(27)25(2)3/h4-7,12-13,17H,8-11,14H2,1-3H3. The smallest absolute Gasteiger partial charge is 0.281 e. The lowest BCUT2D eigenvalue weighted by Gasteiger charge is -2.32. The van der Waals surface area contributed by atoms with Crippen molar-refractivity contribution in [3.05, 3.63) is 47.7 Å². The molecule has 3 aromatic rings. The summed E-state index contributed by atoms with van der Waals surface area (Å²) in [4.78, 5) is 25.0. The third kappa shape index (κ3) is 4.74. The Balaban J connectivity index is 1.33. The lowest BCUT2D eigenvalue weighted by molar-refractivity contribution is -0.134. The van der Waals surface area contributed by atoms with Crippen LogP contribution in [0.3, 0.4) is 0 Å². The molecule has 29 heavy (non-hydrogen) atoms. The van der Waals surface area contributed by atoms with Crippen LogP contribution in [0.2, 0.25) is 0 Å². The SMILES string of the molecule is Cc1cnc2nc(Oc3ccc(CN4CCC(C(=O)N(C)C)CC4)cc3)sc2c1. The highest BCUT2D eigenvalue weighted by Gasteiger charge is 2.25. The van der Waals surface area contributed by atoms with E-state index in [-0.39, 0.29) is 11.8 Å². The van der Waals surface area contributed by atoms with Crippen LogP contribution in [0.5, 0.6) is 10.9 Å². The van der Waals surface area contributed by atoms with Crippen molar-refractivity contribution in [1.29, 1.82) is 0 Å². The maximum Gasteiger partial charge on any atom is 0.281 e. The largest absolute Gasteiger partial charge is 0.431 e. The molecule has 1 fully saturated rings. The molecule has 1 aliphatic heterocycles. The van der Waals surface area contributed by atoms with Gasteiger partial charge in [0.05, 0.1) is 4.70 Å². The van der Waals surface area contributed by atoms with Gasteiger partial charge in [0.15, 0.2) is 5.65 Å². The van der Waals surface area contributed by atoms with Gasteiger partial charge in [0.1, 0.15) is 5.75 Å². The van der Waals surface area contributed by atoms with E-state index < -0.39 is 0 Å². The molecule has 0 spiro atoms. The molecule has 1 amide bonds. The number of rotatable bonds is 5. The minimum Gasteiger partial charge on any atom is -0.431 e. The Morgan fingerprint density at radius 1 is 1.24 bits per heavy atom. The van der Waals surface area contributed by atoms with E-state index in [1.807, 2.05) is 39.3 Å². The average molecular weight is 411 g/mol. The lowest BCUT2D eigenvalue weighted by atomic mass is 9.95. The number of ether oxygens (including phenoxy) is 1. The van der Waals surface area contributed by atoms with Crippen LogP contribution >= 0.6 is 11.3 Å². The molecule has 1 aromatic carbocycles. The lowest BCUT2D eigenvalue weighted by Crippen LogP contribution is -2.39. The monoisotopic (exact) mass is 410 g/mol. The van der Waals surface area contributed by atoms with Gasteiger partial charge in [-0.2, -0.15) is 4.98 Å². The van der Waals surface area contributed by atoms with E-state index in [1.54, 1.807) is 4.90 Å². The molecule has 0 saturated carbocycles. The number of carbonyl (C=O) groups excluding carboxylic acids is 1. The van der Waals surface area contributed by atoms with E-state index in [0.717, 1.165) is 54.1 Å². The zero-order chi connectivity index (χ0) is 20.4. The highest BCUT2D eigenvalue weighted by molar-refractivity contribution is 7.20. The fourth-order valence-electron chi connectivity index (χ4n) is 3.67. The number of aromatic nitrogens is 2. The van der Waals surface area contributed by atoms with Gasteiger partial charge in [0.25, 0.3) is 5.19 Å². The van der Waals surface area contributed by atoms with Crippen LogP contribution in [0.4, 0.5) is 0 Å². The van der Waals surface area contributed by atoms with Crippen molar-refractivity contribution >= 4 is 27.6 Å². The summed E-state index contributed by atoms with van der Waals surface area (Å²) in [7, 11) is 3.68. The molecule has 0 atom stereocenters. The number of carbonyl (C=O) groups is 1. The Morgan fingerprint density at radius 2 is 1.97 bits per heavy atom. The molecule has 6 nitrogen and oxygen atoms in total. The van der Waals surface area contributed by atoms with Crippen molar-refractivity contribution in [3.63, 3.8) is 0 Å². The number of piperidine rings is 1. The van der Waals surface area contributed by atoms with Gasteiger partial charge >= 0.3 is 0 Å². The molecular formula is C22H26N4O2S. The highest BCUT2D eigenvalue weighted by Crippen LogP contribution is 2.31. The average Bonchev–Trinajstić information content (AvgIpc) is 3.10. The summed E-state index contributed by atoms with van der Waals surface area (Å²) >= 11 is 1.51. The molecule has 1 aliphatic rings. The summed E-state index contributed by atoms with van der Waals surface area (Å²) in [5, 5.41) is 0.610. The molecule has 0 aliphatic carbocycles. The molecule has 0 bridgehead atoms. The van der Waals surface area contributed by atoms with E-state index >= 15 is 0 Å². The number of fused-ring (bicyclic) bond motifs is 1. The summed E-state index contributed by atoms with van der Waals surface area (Å²) in [6.07, 6.45) is 3.69. The van der Waals surface area contributed by atoms with Crippen LogP contribution in [-0.2, 0) is 11.3 Å². The van der Waals surface area contributed by atoms with Gasteiger partial charge < -0.3 is 9.64 Å². The molecule has 4 rings (SSSR count). The number of hydrogen-bond acceptors (Lipinski definition) is 6. The molecule has 0 unspecified atom stereocenters. The Hall–Kier alpha value is -2.51. The number of likely N-dealkylation sites (tertiary alicyclic amines) is 1. The van der Waals surface area contributed by atoms with Crippen LogP contribution in [0.25, 0.3) is 10.3 Å². The predicted molar refractivity (Wildman–Crippen MR) is 115 cm³/mol. The minimum atomic E-state index is 0.170. The molecule has 3 heterocycles. The van der Waals surface area contributed by atoms with E-state index in [2.05, 4.69) is 33.1 Å². The molecule has 7 heteroatoms. The molecule has 2 aromatic heterocycles. The maximum absolute atomic E-state index is 12.1. The first-order valence-corrected chi connectivity index (χ1v) is 10.7. The fraction of sp³-hybridized carbons (Fsp3) is 0.409. The molecule has 0 radical (unpaired) electrons. The number of nitrogens with zero attached hydrogens (tertiary/aromatic N) is 4. The molecule has 152 valence electrons. The van der Waals surface area contributed by atoms with E-state index in [4.69, 9.17) is 4.74 Å². The molecular weight excluding hydrogens is 384 g/mol. The second kappa shape index (κ2) is 8.47. The summed E-state index contributed by atoms with van der Waals surface area (Å²) in [6, 6.07) is 10.3. The summed E-state index contributed by atoms with van der Waals surface area (Å²) in [5.41, 5.74) is 3.09. The molecule has 1 saturated heterocycles. The summed E-state index contributed by atoms with van der Waals surface area (Å²) < 4.78 is 6.96. The number of pyridine rings is 1. The Labute approximate surface area is 175 Å². The quantitative estimate of drug-likeness (QED) is 0.634. The van der Waals surface area contributed by atoms with Crippen molar-refractivity contribution in [2.45, 2.75) is 26.3 Å². The first-order chi connectivity index (χ1) is 14.0. The van der Waals surface area contributed by atoms with Gasteiger partial charge in [-0.1, -0.05) is 23.5 Å². The van der Waals surface area contributed by atoms with Crippen molar-refractivity contribution in [2.24, 2.45) is 5.92 Å². The predicted octanol–water partition coefficient (Wildman–Crippen LogP) is 4.09. The van der Waals surface area contributed by atoms with Crippen LogP contribution in [0.15, 0.2) is 36.5 Å². The Morgan fingerprint density at radius 3 is 2.66 bits per heavy atom. The summed E-state index contributed by atoms with van der Waals surface area (Å²) in [6.45, 7) is 4.84. The summed E-state index contributed by atoms with van der Waals surface area (Å²) in [5.74, 6) is 1.20. The van der Waals surface area contributed by atoms with E-state index in [1.165, 1.54) is 16.9 Å². The van der Waals surface area contributed by atoms with Crippen LogP contribution in [0.1, 0.15) is 24.0 Å². The first kappa shape index (κ1) is 19.8. The van der Waals surface area contributed by atoms with E-state index in [9.17, 15) is 4.79 Å². The van der Waals surface area contributed by atoms with Gasteiger partial charge in [-0.15, -0.1) is 0 Å². The zero-order valence-electron chi connectivity index (χ0n) is 17.1.